The third-order valence-electron chi connectivity index (χ3n) is 2.76. The summed E-state index contributed by atoms with van der Waals surface area (Å²) >= 11 is 0. The van der Waals surface area contributed by atoms with E-state index in [1.807, 2.05) is 47.3 Å². The molecule has 0 spiro atoms. The Balaban J connectivity index is 1.96. The summed E-state index contributed by atoms with van der Waals surface area (Å²) in [5.41, 5.74) is 8.75. The standard InChI is InChI=1S/C14H13N3/c15-13-6-7-14-12(8-13)10-17(16-14)9-11-4-2-1-3-5-11/h1-8,10H,9,15H2. The normalized spacial score (nSPS) is 10.8. The molecule has 17 heavy (non-hydrogen) atoms. The van der Waals surface area contributed by atoms with Crippen LogP contribution in [0.25, 0.3) is 10.9 Å². The number of hydrogen-bond acceptors (Lipinski definition) is 2. The minimum Gasteiger partial charge on any atom is -0.399 e. The monoisotopic (exact) mass is 223 g/mol. The zero-order chi connectivity index (χ0) is 11.7. The van der Waals surface area contributed by atoms with E-state index in [1.165, 1.54) is 5.56 Å². The van der Waals surface area contributed by atoms with Crippen molar-refractivity contribution in [3.05, 3.63) is 60.3 Å². The van der Waals surface area contributed by atoms with Gasteiger partial charge in [0, 0.05) is 17.3 Å². The van der Waals surface area contributed by atoms with E-state index < -0.39 is 0 Å². The van der Waals surface area contributed by atoms with Gasteiger partial charge in [-0.25, -0.2) is 0 Å². The van der Waals surface area contributed by atoms with E-state index in [9.17, 15) is 0 Å². The number of benzene rings is 2. The highest BCUT2D eigenvalue weighted by Crippen LogP contribution is 2.16. The molecular weight excluding hydrogens is 210 g/mol. The molecule has 0 bridgehead atoms. The molecule has 2 aromatic carbocycles. The van der Waals surface area contributed by atoms with Crippen LogP contribution >= 0.6 is 0 Å². The summed E-state index contributed by atoms with van der Waals surface area (Å²) in [7, 11) is 0. The van der Waals surface area contributed by atoms with Crippen molar-refractivity contribution in [2.75, 3.05) is 5.73 Å². The molecular formula is C14H13N3. The molecule has 0 atom stereocenters. The Morgan fingerprint density at radius 2 is 1.88 bits per heavy atom. The van der Waals surface area contributed by atoms with Gasteiger partial charge in [-0.3, -0.25) is 4.68 Å². The molecule has 0 radical (unpaired) electrons. The van der Waals surface area contributed by atoms with Crippen LogP contribution in [-0.4, -0.2) is 9.78 Å². The van der Waals surface area contributed by atoms with Gasteiger partial charge in [-0.15, -0.1) is 0 Å². The third-order valence-corrected chi connectivity index (χ3v) is 2.76. The first kappa shape index (κ1) is 9.90. The van der Waals surface area contributed by atoms with Crippen molar-refractivity contribution in [3.8, 4) is 0 Å². The fourth-order valence-corrected chi connectivity index (χ4v) is 1.95. The molecule has 1 aromatic heterocycles. The van der Waals surface area contributed by atoms with Crippen LogP contribution in [0.3, 0.4) is 0 Å². The first-order valence-electron chi connectivity index (χ1n) is 5.58. The predicted molar refractivity (Wildman–Crippen MR) is 69.7 cm³/mol. The highest BCUT2D eigenvalue weighted by molar-refractivity contribution is 5.81. The highest BCUT2D eigenvalue weighted by Gasteiger charge is 2.01. The Kier molecular flexibility index (Phi) is 2.29. The Bertz CT molecular complexity index is 641. The van der Waals surface area contributed by atoms with Crippen LogP contribution in [0, 0.1) is 0 Å². The fourth-order valence-electron chi connectivity index (χ4n) is 1.95. The summed E-state index contributed by atoms with van der Waals surface area (Å²) in [4.78, 5) is 0. The Hall–Kier alpha value is -2.29. The number of nitrogen functional groups attached to an aromatic ring is 1. The lowest BCUT2D eigenvalue weighted by atomic mass is 10.2. The van der Waals surface area contributed by atoms with Crippen LogP contribution in [0.1, 0.15) is 5.56 Å². The minimum absolute atomic E-state index is 0.775. The summed E-state index contributed by atoms with van der Waals surface area (Å²) in [6.07, 6.45) is 2.03. The fraction of sp³-hybridized carbons (Fsp3) is 0.0714. The van der Waals surface area contributed by atoms with Gasteiger partial charge in [0.2, 0.25) is 0 Å². The zero-order valence-corrected chi connectivity index (χ0v) is 9.38. The van der Waals surface area contributed by atoms with Gasteiger partial charge >= 0.3 is 0 Å². The number of hydrogen-bond donors (Lipinski definition) is 1. The number of rotatable bonds is 2. The Morgan fingerprint density at radius 1 is 1.06 bits per heavy atom. The van der Waals surface area contributed by atoms with E-state index in [-0.39, 0.29) is 0 Å². The Labute approximate surface area is 99.5 Å². The van der Waals surface area contributed by atoms with E-state index in [1.54, 1.807) is 0 Å². The van der Waals surface area contributed by atoms with Crippen molar-refractivity contribution in [2.24, 2.45) is 0 Å². The molecule has 3 nitrogen and oxygen atoms in total. The molecule has 3 aromatic rings. The Morgan fingerprint density at radius 3 is 2.71 bits per heavy atom. The van der Waals surface area contributed by atoms with Crippen molar-refractivity contribution in [3.63, 3.8) is 0 Å². The largest absolute Gasteiger partial charge is 0.399 e. The van der Waals surface area contributed by atoms with Crippen LogP contribution in [0.5, 0.6) is 0 Å². The van der Waals surface area contributed by atoms with Gasteiger partial charge in [0.1, 0.15) is 0 Å². The minimum atomic E-state index is 0.775. The van der Waals surface area contributed by atoms with E-state index in [2.05, 4.69) is 17.2 Å². The molecule has 0 amide bonds. The molecule has 0 saturated heterocycles. The van der Waals surface area contributed by atoms with Crippen LogP contribution in [-0.2, 0) is 6.54 Å². The summed E-state index contributed by atoms with van der Waals surface area (Å²) < 4.78 is 1.94. The van der Waals surface area contributed by atoms with Gasteiger partial charge in [-0.1, -0.05) is 30.3 Å². The van der Waals surface area contributed by atoms with Gasteiger partial charge < -0.3 is 5.73 Å². The maximum atomic E-state index is 5.75. The molecule has 0 unspecified atom stereocenters. The molecule has 0 aliphatic heterocycles. The second kappa shape index (κ2) is 3.94. The van der Waals surface area contributed by atoms with Crippen LogP contribution in [0.2, 0.25) is 0 Å². The third kappa shape index (κ3) is 1.99. The lowest BCUT2D eigenvalue weighted by molar-refractivity contribution is 0.696. The maximum absolute atomic E-state index is 5.75. The van der Waals surface area contributed by atoms with Crippen molar-refractivity contribution >= 4 is 16.6 Å². The second-order valence-electron chi connectivity index (χ2n) is 4.13. The number of fused-ring (bicyclic) bond motifs is 1. The van der Waals surface area contributed by atoms with E-state index in [0.717, 1.165) is 23.1 Å². The van der Waals surface area contributed by atoms with E-state index >= 15 is 0 Å². The van der Waals surface area contributed by atoms with Crippen molar-refractivity contribution in [1.29, 1.82) is 0 Å². The van der Waals surface area contributed by atoms with E-state index in [0.29, 0.717) is 0 Å². The smallest absolute Gasteiger partial charge is 0.0924 e. The summed E-state index contributed by atoms with van der Waals surface area (Å²) in [6.45, 7) is 0.787. The number of nitrogens with zero attached hydrogens (tertiary/aromatic N) is 2. The van der Waals surface area contributed by atoms with Gasteiger partial charge in [0.15, 0.2) is 0 Å². The van der Waals surface area contributed by atoms with Crippen LogP contribution < -0.4 is 5.73 Å². The van der Waals surface area contributed by atoms with Gasteiger partial charge in [0.25, 0.3) is 0 Å². The maximum Gasteiger partial charge on any atom is 0.0924 e. The number of aromatic nitrogens is 2. The average molecular weight is 223 g/mol. The lowest BCUT2D eigenvalue weighted by Gasteiger charge is -2.00. The molecule has 2 N–H and O–H groups in total. The average Bonchev–Trinajstić information content (AvgIpc) is 2.71. The van der Waals surface area contributed by atoms with Crippen molar-refractivity contribution in [2.45, 2.75) is 6.54 Å². The quantitative estimate of drug-likeness (QED) is 0.679. The van der Waals surface area contributed by atoms with Crippen molar-refractivity contribution < 1.29 is 0 Å². The predicted octanol–water partition coefficient (Wildman–Crippen LogP) is 2.67. The zero-order valence-electron chi connectivity index (χ0n) is 9.38. The molecule has 84 valence electrons. The molecule has 3 rings (SSSR count). The number of nitrogens with two attached hydrogens (primary N) is 1. The van der Waals surface area contributed by atoms with Crippen LogP contribution in [0.4, 0.5) is 5.69 Å². The molecule has 0 aliphatic rings. The topological polar surface area (TPSA) is 43.8 Å². The van der Waals surface area contributed by atoms with Gasteiger partial charge in [-0.2, -0.15) is 5.10 Å². The number of anilines is 1. The summed E-state index contributed by atoms with van der Waals surface area (Å²) in [5.74, 6) is 0. The van der Waals surface area contributed by atoms with E-state index in [4.69, 9.17) is 5.73 Å². The molecule has 3 heteroatoms. The van der Waals surface area contributed by atoms with Crippen LogP contribution in [0.15, 0.2) is 54.7 Å². The summed E-state index contributed by atoms with van der Waals surface area (Å²) in [6, 6.07) is 16.1. The first-order chi connectivity index (χ1) is 8.31. The molecule has 0 fully saturated rings. The lowest BCUT2D eigenvalue weighted by Crippen LogP contribution is -1.99. The van der Waals surface area contributed by atoms with Gasteiger partial charge in [-0.05, 0) is 23.8 Å². The first-order valence-corrected chi connectivity index (χ1v) is 5.58. The highest BCUT2D eigenvalue weighted by atomic mass is 15.3. The molecule has 0 aliphatic carbocycles. The van der Waals surface area contributed by atoms with Gasteiger partial charge in [0.05, 0.1) is 12.1 Å². The molecule has 0 saturated carbocycles. The SMILES string of the molecule is Nc1ccc2nn(Cc3ccccc3)cc2c1. The second-order valence-corrected chi connectivity index (χ2v) is 4.13. The molecule has 1 heterocycles. The summed E-state index contributed by atoms with van der Waals surface area (Å²) in [5, 5.41) is 5.59. The van der Waals surface area contributed by atoms with Crippen molar-refractivity contribution in [1.82, 2.24) is 9.78 Å².